The van der Waals surface area contributed by atoms with Crippen LogP contribution < -0.4 is 5.32 Å². The van der Waals surface area contributed by atoms with E-state index in [1.165, 1.54) is 52.0 Å². The molecule has 4 heteroatoms. The molecule has 20 heavy (non-hydrogen) atoms. The van der Waals surface area contributed by atoms with Crippen LogP contribution in [0.15, 0.2) is 0 Å². The summed E-state index contributed by atoms with van der Waals surface area (Å²) >= 11 is 0. The van der Waals surface area contributed by atoms with E-state index in [9.17, 15) is 5.26 Å². The predicted molar refractivity (Wildman–Crippen MR) is 82.6 cm³/mol. The van der Waals surface area contributed by atoms with Crippen LogP contribution in [0.2, 0.25) is 0 Å². The smallest absolute Gasteiger partial charge is 0.104 e. The second-order valence-electron chi connectivity index (χ2n) is 6.65. The average molecular weight is 278 g/mol. The first-order valence-electron chi connectivity index (χ1n) is 8.29. The number of rotatable bonds is 8. The van der Waals surface area contributed by atoms with Gasteiger partial charge in [-0.1, -0.05) is 6.92 Å². The van der Waals surface area contributed by atoms with Crippen molar-refractivity contribution >= 4 is 0 Å². The Morgan fingerprint density at radius 2 is 1.75 bits per heavy atom. The van der Waals surface area contributed by atoms with Gasteiger partial charge in [-0.3, -0.25) is 5.32 Å². The lowest BCUT2D eigenvalue weighted by Gasteiger charge is -2.35. The van der Waals surface area contributed by atoms with Gasteiger partial charge in [-0.2, -0.15) is 5.26 Å². The van der Waals surface area contributed by atoms with Gasteiger partial charge in [0.05, 0.1) is 6.07 Å². The maximum atomic E-state index is 9.36. The van der Waals surface area contributed by atoms with Crippen LogP contribution in [0.4, 0.5) is 0 Å². The van der Waals surface area contributed by atoms with Crippen LogP contribution in [0, 0.1) is 11.3 Å². The summed E-state index contributed by atoms with van der Waals surface area (Å²) in [6.45, 7) is 11.5. The lowest BCUT2D eigenvalue weighted by atomic mass is 9.97. The first-order valence-corrected chi connectivity index (χ1v) is 8.29. The highest BCUT2D eigenvalue weighted by atomic mass is 15.3. The number of nitrogens with one attached hydrogen (secondary N) is 1. The highest BCUT2D eigenvalue weighted by Crippen LogP contribution is 2.24. The van der Waals surface area contributed by atoms with Crippen molar-refractivity contribution in [2.24, 2.45) is 0 Å². The molecule has 2 rings (SSSR count). The molecule has 1 N–H and O–H groups in total. The fourth-order valence-corrected chi connectivity index (χ4v) is 3.05. The van der Waals surface area contributed by atoms with E-state index < -0.39 is 0 Å². The molecule has 0 aromatic heterocycles. The van der Waals surface area contributed by atoms with Gasteiger partial charge < -0.3 is 9.80 Å². The molecule has 4 nitrogen and oxygen atoms in total. The SMILES string of the molecule is CCCN1CCN(CCCC(C)(C#N)NC2CC2)CC1. The van der Waals surface area contributed by atoms with E-state index in [0.717, 1.165) is 19.4 Å². The zero-order valence-electron chi connectivity index (χ0n) is 13.2. The minimum atomic E-state index is -0.314. The maximum absolute atomic E-state index is 9.36. The van der Waals surface area contributed by atoms with Crippen LogP contribution in [0.3, 0.4) is 0 Å². The van der Waals surface area contributed by atoms with Crippen LogP contribution in [0.5, 0.6) is 0 Å². The number of hydrogen-bond donors (Lipinski definition) is 1. The molecule has 1 aliphatic heterocycles. The molecule has 1 unspecified atom stereocenters. The predicted octanol–water partition coefficient (Wildman–Crippen LogP) is 1.83. The molecule has 1 atom stereocenters. The molecule has 2 aliphatic rings. The number of hydrogen-bond acceptors (Lipinski definition) is 4. The van der Waals surface area contributed by atoms with Crippen molar-refractivity contribution < 1.29 is 0 Å². The van der Waals surface area contributed by atoms with E-state index in [1.54, 1.807) is 0 Å². The average Bonchev–Trinajstić information content (AvgIpc) is 3.25. The summed E-state index contributed by atoms with van der Waals surface area (Å²) in [6.07, 6.45) is 5.84. The van der Waals surface area contributed by atoms with Crippen molar-refractivity contribution in [1.82, 2.24) is 15.1 Å². The lowest BCUT2D eigenvalue weighted by Crippen LogP contribution is -2.47. The van der Waals surface area contributed by atoms with E-state index in [4.69, 9.17) is 0 Å². The van der Waals surface area contributed by atoms with Crippen molar-refractivity contribution in [3.8, 4) is 6.07 Å². The van der Waals surface area contributed by atoms with Crippen molar-refractivity contribution in [3.63, 3.8) is 0 Å². The van der Waals surface area contributed by atoms with Crippen molar-refractivity contribution in [1.29, 1.82) is 5.26 Å². The van der Waals surface area contributed by atoms with Crippen LogP contribution in [-0.4, -0.2) is 60.6 Å². The molecule has 114 valence electrons. The molecule has 1 saturated carbocycles. The lowest BCUT2D eigenvalue weighted by molar-refractivity contribution is 0.129. The number of nitrogens with zero attached hydrogens (tertiary/aromatic N) is 3. The molecule has 0 radical (unpaired) electrons. The monoisotopic (exact) mass is 278 g/mol. The Morgan fingerprint density at radius 3 is 2.25 bits per heavy atom. The summed E-state index contributed by atoms with van der Waals surface area (Å²) in [5, 5.41) is 12.9. The summed E-state index contributed by atoms with van der Waals surface area (Å²) < 4.78 is 0. The normalized spacial score (nSPS) is 24.2. The fraction of sp³-hybridized carbons (Fsp3) is 0.938. The van der Waals surface area contributed by atoms with E-state index in [1.807, 2.05) is 0 Å². The first kappa shape index (κ1) is 15.8. The van der Waals surface area contributed by atoms with E-state index >= 15 is 0 Å². The van der Waals surface area contributed by atoms with Gasteiger partial charge in [0.25, 0.3) is 0 Å². The summed E-state index contributed by atoms with van der Waals surface area (Å²) in [7, 11) is 0. The van der Waals surface area contributed by atoms with Crippen LogP contribution in [0.1, 0.15) is 46.0 Å². The topological polar surface area (TPSA) is 42.3 Å². The summed E-state index contributed by atoms with van der Waals surface area (Å²) in [5.41, 5.74) is -0.314. The Bertz CT molecular complexity index is 326. The zero-order chi connectivity index (χ0) is 14.4. The Morgan fingerprint density at radius 1 is 1.15 bits per heavy atom. The third kappa shape index (κ3) is 5.05. The van der Waals surface area contributed by atoms with Gasteiger partial charge in [0.15, 0.2) is 0 Å². The molecule has 0 aromatic carbocycles. The zero-order valence-corrected chi connectivity index (χ0v) is 13.2. The number of piperazine rings is 1. The van der Waals surface area contributed by atoms with Gasteiger partial charge in [0, 0.05) is 32.2 Å². The molecule has 1 saturated heterocycles. The van der Waals surface area contributed by atoms with Crippen LogP contribution in [-0.2, 0) is 0 Å². The van der Waals surface area contributed by atoms with E-state index in [2.05, 4.69) is 35.0 Å². The van der Waals surface area contributed by atoms with Crippen molar-refractivity contribution in [3.05, 3.63) is 0 Å². The van der Waals surface area contributed by atoms with Crippen molar-refractivity contribution in [2.75, 3.05) is 39.3 Å². The highest BCUT2D eigenvalue weighted by Gasteiger charge is 2.32. The molecular weight excluding hydrogens is 248 g/mol. The molecule has 0 bridgehead atoms. The molecule has 1 heterocycles. The summed E-state index contributed by atoms with van der Waals surface area (Å²) in [6, 6.07) is 3.08. The Kier molecular flexibility index (Phi) is 5.83. The molecule has 2 fully saturated rings. The van der Waals surface area contributed by atoms with Crippen LogP contribution >= 0.6 is 0 Å². The van der Waals surface area contributed by atoms with Gasteiger partial charge in [-0.15, -0.1) is 0 Å². The Hall–Kier alpha value is -0.630. The summed E-state index contributed by atoms with van der Waals surface area (Å²) in [5.74, 6) is 0. The minimum Gasteiger partial charge on any atom is -0.301 e. The van der Waals surface area contributed by atoms with Gasteiger partial charge in [0.2, 0.25) is 0 Å². The van der Waals surface area contributed by atoms with Gasteiger partial charge in [0.1, 0.15) is 5.54 Å². The van der Waals surface area contributed by atoms with Gasteiger partial charge >= 0.3 is 0 Å². The molecule has 0 aromatic rings. The Balaban J connectivity index is 1.62. The van der Waals surface area contributed by atoms with Crippen molar-refractivity contribution in [2.45, 2.75) is 57.5 Å². The largest absolute Gasteiger partial charge is 0.301 e. The fourth-order valence-electron chi connectivity index (χ4n) is 3.05. The van der Waals surface area contributed by atoms with Gasteiger partial charge in [-0.05, 0) is 52.1 Å². The second kappa shape index (κ2) is 7.40. The quantitative estimate of drug-likeness (QED) is 0.735. The third-order valence-corrected chi connectivity index (χ3v) is 4.50. The molecule has 1 aliphatic carbocycles. The third-order valence-electron chi connectivity index (χ3n) is 4.50. The number of nitriles is 1. The molecule has 0 amide bonds. The van der Waals surface area contributed by atoms with E-state index in [0.29, 0.717) is 6.04 Å². The van der Waals surface area contributed by atoms with Gasteiger partial charge in [-0.25, -0.2) is 0 Å². The first-order chi connectivity index (χ1) is 9.65. The molecule has 0 spiro atoms. The highest BCUT2D eigenvalue weighted by molar-refractivity contribution is 5.07. The van der Waals surface area contributed by atoms with Crippen LogP contribution in [0.25, 0.3) is 0 Å². The maximum Gasteiger partial charge on any atom is 0.104 e. The second-order valence-corrected chi connectivity index (χ2v) is 6.65. The van der Waals surface area contributed by atoms with E-state index in [-0.39, 0.29) is 5.54 Å². The Labute approximate surface area is 124 Å². The minimum absolute atomic E-state index is 0.314. The summed E-state index contributed by atoms with van der Waals surface area (Å²) in [4.78, 5) is 5.12. The molecular formula is C16H30N4. The standard InChI is InChI=1S/C16H30N4/c1-3-8-19-10-12-20(13-11-19)9-4-7-16(2,14-17)18-15-5-6-15/h15,18H,3-13H2,1-2H3.